The first-order valence-electron chi connectivity index (χ1n) is 6.91. The van der Waals surface area contributed by atoms with Crippen molar-refractivity contribution < 1.29 is 4.74 Å². The zero-order valence-electron chi connectivity index (χ0n) is 12.6. The second-order valence-electron chi connectivity index (χ2n) is 4.88. The molecule has 0 saturated carbocycles. The number of nitrogens with zero attached hydrogens (tertiary/aromatic N) is 2. The largest absolute Gasteiger partial charge is 0.497 e. The zero-order chi connectivity index (χ0) is 15.4. The van der Waals surface area contributed by atoms with Crippen molar-refractivity contribution in [3.05, 3.63) is 45.7 Å². The molecule has 0 aliphatic carbocycles. The zero-order valence-corrected chi connectivity index (χ0v) is 14.1. The summed E-state index contributed by atoms with van der Waals surface area (Å²) in [5.41, 5.74) is 6.20. The number of ether oxygens (including phenoxy) is 1. The van der Waals surface area contributed by atoms with E-state index < -0.39 is 0 Å². The molecule has 1 heterocycles. The highest BCUT2D eigenvalue weighted by molar-refractivity contribution is 9.10. The summed E-state index contributed by atoms with van der Waals surface area (Å²) in [5, 5.41) is 4.52. The second-order valence-corrected chi connectivity index (χ2v) is 5.67. The van der Waals surface area contributed by atoms with Crippen LogP contribution in [0.1, 0.15) is 29.9 Å². The quantitative estimate of drug-likeness (QED) is 0.619. The van der Waals surface area contributed by atoms with Gasteiger partial charge in [-0.15, -0.1) is 0 Å². The molecule has 0 radical (unpaired) electrons. The summed E-state index contributed by atoms with van der Waals surface area (Å²) in [6, 6.07) is 7.94. The number of hydrogen-bond donors (Lipinski definition) is 2. The van der Waals surface area contributed by atoms with Crippen molar-refractivity contribution in [3.63, 3.8) is 0 Å². The first-order chi connectivity index (χ1) is 10.1. The lowest BCUT2D eigenvalue weighted by atomic mass is 10.0. The molecular weight excluding hydrogens is 332 g/mol. The van der Waals surface area contributed by atoms with Crippen LogP contribution >= 0.6 is 15.9 Å². The molecule has 0 saturated heterocycles. The Kier molecular flexibility index (Phi) is 5.39. The molecule has 1 atom stereocenters. The predicted octanol–water partition coefficient (Wildman–Crippen LogP) is 2.50. The number of nitrogens with two attached hydrogens (primary N) is 1. The van der Waals surface area contributed by atoms with Crippen LogP contribution in [0.25, 0.3) is 0 Å². The van der Waals surface area contributed by atoms with E-state index in [0.717, 1.165) is 40.0 Å². The molecular formula is C15H21BrN4O. The molecule has 0 amide bonds. The fourth-order valence-electron chi connectivity index (χ4n) is 2.34. The number of methoxy groups -OCH3 is 1. The molecule has 0 spiro atoms. The van der Waals surface area contributed by atoms with Gasteiger partial charge in [-0.25, -0.2) is 0 Å². The van der Waals surface area contributed by atoms with E-state index >= 15 is 0 Å². The van der Waals surface area contributed by atoms with Crippen molar-refractivity contribution >= 4 is 15.9 Å². The minimum Gasteiger partial charge on any atom is -0.497 e. The number of halogens is 1. The van der Waals surface area contributed by atoms with E-state index in [1.165, 1.54) is 0 Å². The number of aromatic nitrogens is 2. The van der Waals surface area contributed by atoms with Crippen LogP contribution in [-0.4, -0.2) is 16.9 Å². The average molecular weight is 353 g/mol. The summed E-state index contributed by atoms with van der Waals surface area (Å²) in [6.07, 6.45) is 1.66. The molecule has 6 heteroatoms. The minimum atomic E-state index is 0.0207. The normalized spacial score (nSPS) is 12.4. The number of benzene rings is 1. The fourth-order valence-corrected chi connectivity index (χ4v) is 3.12. The first-order valence-corrected chi connectivity index (χ1v) is 7.70. The molecule has 1 aromatic heterocycles. The highest BCUT2D eigenvalue weighted by Crippen LogP contribution is 2.27. The molecule has 3 N–H and O–H groups in total. The maximum Gasteiger partial charge on any atom is 0.118 e. The minimum absolute atomic E-state index is 0.0207. The monoisotopic (exact) mass is 352 g/mol. The van der Waals surface area contributed by atoms with E-state index in [-0.39, 0.29) is 6.04 Å². The average Bonchev–Trinajstić information content (AvgIpc) is 2.79. The number of hydrazine groups is 1. The van der Waals surface area contributed by atoms with E-state index in [0.29, 0.717) is 0 Å². The molecule has 0 fully saturated rings. The Labute approximate surface area is 133 Å². The van der Waals surface area contributed by atoms with Crippen molar-refractivity contribution in [2.75, 3.05) is 7.11 Å². The molecule has 2 rings (SSSR count). The number of aryl methyl sites for hydroxylation is 2. The van der Waals surface area contributed by atoms with Crippen LogP contribution in [0.2, 0.25) is 0 Å². The highest BCUT2D eigenvalue weighted by atomic mass is 79.9. The molecule has 0 bridgehead atoms. The predicted molar refractivity (Wildman–Crippen MR) is 87.0 cm³/mol. The van der Waals surface area contributed by atoms with Gasteiger partial charge in [0, 0.05) is 13.5 Å². The van der Waals surface area contributed by atoms with Gasteiger partial charge in [0.25, 0.3) is 0 Å². The van der Waals surface area contributed by atoms with E-state index in [4.69, 9.17) is 10.6 Å². The third-order valence-electron chi connectivity index (χ3n) is 3.62. The molecule has 5 nitrogen and oxygen atoms in total. The van der Waals surface area contributed by atoms with Gasteiger partial charge in [0.05, 0.1) is 29.0 Å². The Morgan fingerprint density at radius 3 is 2.52 bits per heavy atom. The van der Waals surface area contributed by atoms with E-state index in [2.05, 4.69) is 33.4 Å². The van der Waals surface area contributed by atoms with E-state index in [1.54, 1.807) is 7.11 Å². The van der Waals surface area contributed by atoms with E-state index in [9.17, 15) is 0 Å². The van der Waals surface area contributed by atoms with Crippen molar-refractivity contribution in [3.8, 4) is 5.75 Å². The molecule has 0 aliphatic rings. The Balaban J connectivity index is 2.24. The smallest absolute Gasteiger partial charge is 0.118 e. The summed E-state index contributed by atoms with van der Waals surface area (Å²) < 4.78 is 8.17. The lowest BCUT2D eigenvalue weighted by Crippen LogP contribution is -2.30. The maximum atomic E-state index is 5.74. The first kappa shape index (κ1) is 16.0. The summed E-state index contributed by atoms with van der Waals surface area (Å²) in [5.74, 6) is 6.57. The highest BCUT2D eigenvalue weighted by Gasteiger charge is 2.18. The van der Waals surface area contributed by atoms with Crippen molar-refractivity contribution in [2.45, 2.75) is 25.8 Å². The Morgan fingerprint density at radius 1 is 1.38 bits per heavy atom. The number of nitrogens with one attached hydrogen (secondary N) is 1. The molecule has 2 aromatic rings. The summed E-state index contributed by atoms with van der Waals surface area (Å²) in [6.45, 7) is 2.10. The second kappa shape index (κ2) is 7.06. The SMILES string of the molecule is CCc1nn(C)c(CC(NN)c2ccc(OC)cc2)c1Br. The van der Waals surface area contributed by atoms with Crippen LogP contribution in [0.3, 0.4) is 0 Å². The van der Waals surface area contributed by atoms with Crippen molar-refractivity contribution in [2.24, 2.45) is 12.9 Å². The van der Waals surface area contributed by atoms with Crippen molar-refractivity contribution in [1.29, 1.82) is 0 Å². The van der Waals surface area contributed by atoms with Crippen LogP contribution in [0.15, 0.2) is 28.7 Å². The maximum absolute atomic E-state index is 5.74. The Morgan fingerprint density at radius 2 is 2.05 bits per heavy atom. The third-order valence-corrected chi connectivity index (χ3v) is 4.54. The summed E-state index contributed by atoms with van der Waals surface area (Å²) >= 11 is 3.64. The van der Waals surface area contributed by atoms with Crippen LogP contribution in [0, 0.1) is 0 Å². The van der Waals surface area contributed by atoms with E-state index in [1.807, 2.05) is 36.0 Å². The van der Waals surface area contributed by atoms with Gasteiger partial charge in [0.2, 0.25) is 0 Å². The van der Waals surface area contributed by atoms with Gasteiger partial charge in [-0.2, -0.15) is 5.10 Å². The van der Waals surface area contributed by atoms with Crippen LogP contribution in [0.4, 0.5) is 0 Å². The molecule has 1 unspecified atom stereocenters. The Bertz CT molecular complexity index is 594. The van der Waals surface area contributed by atoms with Gasteiger partial charge in [-0.05, 0) is 40.0 Å². The fraction of sp³-hybridized carbons (Fsp3) is 0.400. The topological polar surface area (TPSA) is 65.1 Å². The van der Waals surface area contributed by atoms with Gasteiger partial charge in [-0.3, -0.25) is 16.0 Å². The van der Waals surface area contributed by atoms with Gasteiger partial charge in [0.1, 0.15) is 5.75 Å². The Hall–Kier alpha value is -1.37. The molecule has 21 heavy (non-hydrogen) atoms. The third kappa shape index (κ3) is 3.45. The number of rotatable bonds is 6. The van der Waals surface area contributed by atoms with Crippen LogP contribution < -0.4 is 16.0 Å². The lowest BCUT2D eigenvalue weighted by molar-refractivity contribution is 0.414. The van der Waals surface area contributed by atoms with Crippen molar-refractivity contribution in [1.82, 2.24) is 15.2 Å². The number of hydrogen-bond acceptors (Lipinski definition) is 4. The van der Waals surface area contributed by atoms with Gasteiger partial charge in [-0.1, -0.05) is 19.1 Å². The standard InChI is InChI=1S/C15H21BrN4O/c1-4-12-15(16)14(20(2)19-12)9-13(18-17)10-5-7-11(21-3)8-6-10/h5-8,13,18H,4,9,17H2,1-3H3. The molecule has 0 aliphatic heterocycles. The lowest BCUT2D eigenvalue weighted by Gasteiger charge is -2.17. The summed E-state index contributed by atoms with van der Waals surface area (Å²) in [4.78, 5) is 0. The van der Waals surface area contributed by atoms with Crippen LogP contribution in [0.5, 0.6) is 5.75 Å². The van der Waals surface area contributed by atoms with Gasteiger partial charge >= 0.3 is 0 Å². The molecule has 114 valence electrons. The van der Waals surface area contributed by atoms with Crippen LogP contribution in [-0.2, 0) is 19.9 Å². The summed E-state index contributed by atoms with van der Waals surface area (Å²) in [7, 11) is 3.62. The van der Waals surface area contributed by atoms with Gasteiger partial charge in [0.15, 0.2) is 0 Å². The molecule has 1 aromatic carbocycles. The van der Waals surface area contributed by atoms with Gasteiger partial charge < -0.3 is 4.74 Å².